The van der Waals surface area contributed by atoms with E-state index in [4.69, 9.17) is 4.74 Å². The summed E-state index contributed by atoms with van der Waals surface area (Å²) in [4.78, 5) is 22.9. The minimum Gasteiger partial charge on any atom is -0.550 e. The maximum Gasteiger partial charge on any atom is 0.306 e. The third-order valence-corrected chi connectivity index (χ3v) is 5.47. The highest BCUT2D eigenvalue weighted by Gasteiger charge is 2.22. The SMILES string of the molecule is CCC(C)CCCCCCCCCCCCC(=O)OC(CC(=O)[O-])C[N+](C)(C)C. The maximum atomic E-state index is 12.0. The van der Waals surface area contributed by atoms with Crippen LogP contribution in [0.15, 0.2) is 0 Å². The number of carboxylic acids is 1. The first-order chi connectivity index (χ1) is 13.6. The number of unbranched alkanes of at least 4 members (excludes halogenated alkanes) is 9. The fraction of sp³-hybridized carbons (Fsp3) is 0.917. The second-order valence-electron chi connectivity index (χ2n) is 9.75. The van der Waals surface area contributed by atoms with Crippen molar-refractivity contribution < 1.29 is 23.9 Å². The summed E-state index contributed by atoms with van der Waals surface area (Å²) in [6.45, 7) is 5.09. The molecule has 5 heteroatoms. The lowest BCUT2D eigenvalue weighted by Gasteiger charge is -2.29. The molecular weight excluding hydrogens is 366 g/mol. The summed E-state index contributed by atoms with van der Waals surface area (Å²) < 4.78 is 5.92. The van der Waals surface area contributed by atoms with E-state index in [9.17, 15) is 14.7 Å². The van der Waals surface area contributed by atoms with Crippen molar-refractivity contribution in [2.24, 2.45) is 5.92 Å². The number of likely N-dealkylation sites (N-methyl/N-ethyl adjacent to an activating group) is 1. The van der Waals surface area contributed by atoms with Crippen molar-refractivity contribution in [3.8, 4) is 0 Å². The Morgan fingerprint density at radius 3 is 1.79 bits per heavy atom. The highest BCUT2D eigenvalue weighted by atomic mass is 16.5. The van der Waals surface area contributed by atoms with Crippen molar-refractivity contribution in [1.29, 1.82) is 0 Å². The highest BCUT2D eigenvalue weighted by molar-refractivity contribution is 5.70. The Morgan fingerprint density at radius 2 is 1.34 bits per heavy atom. The number of quaternary nitrogens is 1. The Balaban J connectivity index is 3.64. The van der Waals surface area contributed by atoms with Crippen molar-refractivity contribution in [2.45, 2.75) is 110 Å². The molecule has 0 N–H and O–H groups in total. The average molecular weight is 414 g/mol. The number of carbonyl (C=O) groups is 2. The molecule has 0 aromatic heterocycles. The summed E-state index contributed by atoms with van der Waals surface area (Å²) in [5.41, 5.74) is 0. The molecule has 172 valence electrons. The number of hydrogen-bond acceptors (Lipinski definition) is 4. The fourth-order valence-electron chi connectivity index (χ4n) is 3.57. The molecule has 0 fully saturated rings. The number of ether oxygens (including phenoxy) is 1. The van der Waals surface area contributed by atoms with Crippen LogP contribution < -0.4 is 5.11 Å². The molecule has 5 nitrogen and oxygen atoms in total. The topological polar surface area (TPSA) is 66.4 Å². The van der Waals surface area contributed by atoms with Crippen LogP contribution in [0.3, 0.4) is 0 Å². The first kappa shape index (κ1) is 27.9. The number of esters is 1. The normalized spacial score (nSPS) is 13.8. The van der Waals surface area contributed by atoms with E-state index in [1.54, 1.807) is 0 Å². The first-order valence-corrected chi connectivity index (χ1v) is 11.8. The van der Waals surface area contributed by atoms with Crippen LogP contribution in [0.2, 0.25) is 0 Å². The first-order valence-electron chi connectivity index (χ1n) is 11.8. The molecule has 0 heterocycles. The maximum absolute atomic E-state index is 12.0. The molecule has 0 saturated carbocycles. The minimum absolute atomic E-state index is 0.237. The smallest absolute Gasteiger partial charge is 0.306 e. The van der Waals surface area contributed by atoms with Crippen LogP contribution in [0.25, 0.3) is 0 Å². The summed E-state index contributed by atoms with van der Waals surface area (Å²) >= 11 is 0. The Bertz CT molecular complexity index is 431. The van der Waals surface area contributed by atoms with Gasteiger partial charge in [0.2, 0.25) is 0 Å². The Labute approximate surface area is 179 Å². The molecule has 0 aliphatic carbocycles. The summed E-state index contributed by atoms with van der Waals surface area (Å²) in [5, 5.41) is 10.9. The molecule has 0 aliphatic heterocycles. The fourth-order valence-corrected chi connectivity index (χ4v) is 3.57. The van der Waals surface area contributed by atoms with E-state index in [1.165, 1.54) is 57.8 Å². The van der Waals surface area contributed by atoms with Gasteiger partial charge in [-0.25, -0.2) is 0 Å². The molecule has 0 aromatic carbocycles. The predicted octanol–water partition coefficient (Wildman–Crippen LogP) is 4.47. The van der Waals surface area contributed by atoms with Crippen LogP contribution in [0.1, 0.15) is 104 Å². The van der Waals surface area contributed by atoms with Gasteiger partial charge < -0.3 is 19.1 Å². The standard InChI is InChI=1S/C24H47NO4/c1-6-21(2)17-15-13-11-9-7-8-10-12-14-16-18-24(28)29-22(19-23(26)27)20-25(3,4)5/h21-22H,6-20H2,1-5H3. The van der Waals surface area contributed by atoms with Crippen molar-refractivity contribution >= 4 is 11.9 Å². The van der Waals surface area contributed by atoms with Gasteiger partial charge in [-0.05, 0) is 12.3 Å². The third-order valence-electron chi connectivity index (χ3n) is 5.47. The van der Waals surface area contributed by atoms with Gasteiger partial charge in [0.15, 0.2) is 6.10 Å². The predicted molar refractivity (Wildman–Crippen MR) is 117 cm³/mol. The molecule has 0 bridgehead atoms. The monoisotopic (exact) mass is 413 g/mol. The molecule has 0 amide bonds. The van der Waals surface area contributed by atoms with Crippen LogP contribution in [0.4, 0.5) is 0 Å². The van der Waals surface area contributed by atoms with Crippen LogP contribution >= 0.6 is 0 Å². The Hall–Kier alpha value is -1.10. The Morgan fingerprint density at radius 1 is 0.862 bits per heavy atom. The quantitative estimate of drug-likeness (QED) is 0.178. The number of hydrogen-bond donors (Lipinski definition) is 0. The van der Waals surface area contributed by atoms with Gasteiger partial charge in [-0.15, -0.1) is 0 Å². The molecule has 0 aliphatic rings. The molecule has 0 rings (SSSR count). The lowest BCUT2D eigenvalue weighted by atomic mass is 9.99. The van der Waals surface area contributed by atoms with E-state index in [1.807, 2.05) is 21.1 Å². The highest BCUT2D eigenvalue weighted by Crippen LogP contribution is 2.15. The van der Waals surface area contributed by atoms with E-state index in [-0.39, 0.29) is 12.4 Å². The lowest BCUT2D eigenvalue weighted by molar-refractivity contribution is -0.873. The number of nitrogens with zero attached hydrogens (tertiary/aromatic N) is 1. The van der Waals surface area contributed by atoms with E-state index >= 15 is 0 Å². The van der Waals surface area contributed by atoms with Gasteiger partial charge in [-0.3, -0.25) is 4.79 Å². The van der Waals surface area contributed by atoms with Gasteiger partial charge >= 0.3 is 5.97 Å². The largest absolute Gasteiger partial charge is 0.550 e. The number of aliphatic carboxylic acids is 1. The number of carboxylic acid groups (broad SMARTS) is 1. The molecule has 29 heavy (non-hydrogen) atoms. The zero-order valence-corrected chi connectivity index (χ0v) is 19.8. The Kier molecular flexibility index (Phi) is 16.0. The van der Waals surface area contributed by atoms with Crippen molar-refractivity contribution in [3.05, 3.63) is 0 Å². The van der Waals surface area contributed by atoms with Gasteiger partial charge in [0.1, 0.15) is 6.54 Å². The van der Waals surface area contributed by atoms with Crippen molar-refractivity contribution in [2.75, 3.05) is 27.7 Å². The van der Waals surface area contributed by atoms with Crippen molar-refractivity contribution in [3.63, 3.8) is 0 Å². The molecule has 0 radical (unpaired) electrons. The molecule has 0 spiro atoms. The van der Waals surface area contributed by atoms with E-state index in [2.05, 4.69) is 13.8 Å². The zero-order valence-electron chi connectivity index (χ0n) is 19.8. The summed E-state index contributed by atoms with van der Waals surface area (Å²) in [6, 6.07) is 0. The van der Waals surface area contributed by atoms with Crippen LogP contribution in [0, 0.1) is 5.92 Å². The second kappa shape index (κ2) is 16.7. The molecule has 0 aromatic rings. The number of rotatable bonds is 19. The minimum atomic E-state index is -1.17. The lowest BCUT2D eigenvalue weighted by Crippen LogP contribution is -2.45. The average Bonchev–Trinajstić information content (AvgIpc) is 2.60. The molecule has 2 unspecified atom stereocenters. The summed E-state index contributed by atoms with van der Waals surface area (Å²) in [7, 11) is 5.84. The zero-order chi connectivity index (χ0) is 22.1. The van der Waals surface area contributed by atoms with Crippen LogP contribution in [0.5, 0.6) is 0 Å². The molecule has 0 saturated heterocycles. The second-order valence-corrected chi connectivity index (χ2v) is 9.75. The number of carbonyl (C=O) groups excluding carboxylic acids is 2. The van der Waals surface area contributed by atoms with Gasteiger partial charge in [0, 0.05) is 18.8 Å². The summed E-state index contributed by atoms with van der Waals surface area (Å²) in [5.74, 6) is -0.584. The van der Waals surface area contributed by atoms with Crippen LogP contribution in [-0.4, -0.2) is 50.2 Å². The van der Waals surface area contributed by atoms with Crippen LogP contribution in [-0.2, 0) is 14.3 Å². The van der Waals surface area contributed by atoms with Gasteiger partial charge in [-0.2, -0.15) is 0 Å². The summed E-state index contributed by atoms with van der Waals surface area (Å²) in [6.07, 6.45) is 14.5. The molecule has 2 atom stereocenters. The van der Waals surface area contributed by atoms with E-state index in [0.717, 1.165) is 25.2 Å². The molecular formula is C24H47NO4. The van der Waals surface area contributed by atoms with Gasteiger partial charge in [0.05, 0.1) is 21.1 Å². The van der Waals surface area contributed by atoms with Crippen molar-refractivity contribution in [1.82, 2.24) is 0 Å². The van der Waals surface area contributed by atoms with Gasteiger partial charge in [0.25, 0.3) is 0 Å². The third kappa shape index (κ3) is 20.0. The van der Waals surface area contributed by atoms with E-state index in [0.29, 0.717) is 17.4 Å². The van der Waals surface area contributed by atoms with E-state index < -0.39 is 12.1 Å². The van der Waals surface area contributed by atoms with Gasteiger partial charge in [-0.1, -0.05) is 84.5 Å².